The fraction of sp³-hybridized carbons (Fsp3) is 0.222. The molecule has 1 amide bonds. The van der Waals surface area contributed by atoms with E-state index in [9.17, 15) is 4.79 Å². The van der Waals surface area contributed by atoms with Gasteiger partial charge in [0, 0.05) is 5.56 Å². The van der Waals surface area contributed by atoms with Gasteiger partial charge in [0.15, 0.2) is 5.11 Å². The summed E-state index contributed by atoms with van der Waals surface area (Å²) in [5.74, 6) is 0. The Kier molecular flexibility index (Phi) is 5.37. The number of ether oxygens (including phenoxy) is 1. The first-order chi connectivity index (χ1) is 8.13. The van der Waals surface area contributed by atoms with Gasteiger partial charge < -0.3 is 10.5 Å². The summed E-state index contributed by atoms with van der Waals surface area (Å²) in [6, 6.07) is 1.80. The van der Waals surface area contributed by atoms with Crippen LogP contribution >= 0.6 is 23.6 Å². The Labute approximate surface area is 108 Å². The summed E-state index contributed by atoms with van der Waals surface area (Å²) in [5, 5.41) is 8.96. The molecule has 4 N–H and O–H groups in total. The first kappa shape index (κ1) is 13.4. The smallest absolute Gasteiger partial charge is 0.412 e. The molecule has 0 atom stereocenters. The maximum Gasteiger partial charge on any atom is 0.412 e. The fourth-order valence-corrected chi connectivity index (χ4v) is 1.75. The van der Waals surface area contributed by atoms with E-state index in [-0.39, 0.29) is 5.11 Å². The van der Waals surface area contributed by atoms with E-state index < -0.39 is 6.09 Å². The zero-order chi connectivity index (χ0) is 12.7. The molecule has 1 aromatic heterocycles. The number of amides is 1. The van der Waals surface area contributed by atoms with Crippen LogP contribution in [0.3, 0.4) is 0 Å². The Morgan fingerprint density at radius 1 is 1.76 bits per heavy atom. The van der Waals surface area contributed by atoms with Gasteiger partial charge in [-0.2, -0.15) is 5.10 Å². The third kappa shape index (κ3) is 4.79. The largest absolute Gasteiger partial charge is 0.450 e. The number of nitrogens with two attached hydrogens (primary N) is 1. The van der Waals surface area contributed by atoms with Crippen molar-refractivity contribution in [1.82, 2.24) is 5.43 Å². The SMILES string of the molecule is CCOC(=O)Nc1sccc1/C=N/NC(N)=S. The Morgan fingerprint density at radius 2 is 2.53 bits per heavy atom. The summed E-state index contributed by atoms with van der Waals surface area (Å²) >= 11 is 5.96. The first-order valence-corrected chi connectivity index (χ1v) is 6.02. The predicted molar refractivity (Wildman–Crippen MR) is 72.5 cm³/mol. The highest BCUT2D eigenvalue weighted by Crippen LogP contribution is 2.21. The van der Waals surface area contributed by atoms with Crippen molar-refractivity contribution < 1.29 is 9.53 Å². The van der Waals surface area contributed by atoms with E-state index in [0.717, 1.165) is 5.56 Å². The molecular weight excluding hydrogens is 260 g/mol. The predicted octanol–water partition coefficient (Wildman–Crippen LogP) is 1.48. The molecule has 0 unspecified atom stereocenters. The first-order valence-electron chi connectivity index (χ1n) is 4.73. The summed E-state index contributed by atoms with van der Waals surface area (Å²) in [7, 11) is 0. The minimum Gasteiger partial charge on any atom is -0.450 e. The van der Waals surface area contributed by atoms with Crippen LogP contribution in [0.2, 0.25) is 0 Å². The molecular formula is C9H12N4O2S2. The number of thiophene rings is 1. The molecule has 0 saturated carbocycles. The number of nitrogens with one attached hydrogen (secondary N) is 2. The Bertz CT molecular complexity index is 430. The van der Waals surface area contributed by atoms with Gasteiger partial charge in [0.1, 0.15) is 5.00 Å². The second-order valence-corrected chi connectivity index (χ2v) is 4.14. The van der Waals surface area contributed by atoms with Crippen LogP contribution in [-0.4, -0.2) is 24.0 Å². The monoisotopic (exact) mass is 272 g/mol. The number of thiocarbonyl (C=S) groups is 1. The van der Waals surface area contributed by atoms with Crippen molar-refractivity contribution in [2.45, 2.75) is 6.92 Å². The molecule has 92 valence electrons. The van der Waals surface area contributed by atoms with E-state index in [1.54, 1.807) is 13.0 Å². The average Bonchev–Trinajstić information content (AvgIpc) is 2.65. The summed E-state index contributed by atoms with van der Waals surface area (Å²) in [5.41, 5.74) is 8.38. The van der Waals surface area contributed by atoms with Crippen LogP contribution in [0, 0.1) is 0 Å². The van der Waals surface area contributed by atoms with Crippen molar-refractivity contribution in [3.8, 4) is 0 Å². The molecule has 0 radical (unpaired) electrons. The molecule has 0 bridgehead atoms. The fourth-order valence-electron chi connectivity index (χ4n) is 0.948. The van der Waals surface area contributed by atoms with E-state index in [4.69, 9.17) is 10.5 Å². The third-order valence-electron chi connectivity index (χ3n) is 1.57. The lowest BCUT2D eigenvalue weighted by molar-refractivity contribution is 0.168. The molecule has 0 saturated heterocycles. The lowest BCUT2D eigenvalue weighted by Gasteiger charge is -2.03. The molecule has 8 heteroatoms. The van der Waals surface area contributed by atoms with Gasteiger partial charge in [0.2, 0.25) is 0 Å². The van der Waals surface area contributed by atoms with Crippen molar-refractivity contribution in [1.29, 1.82) is 0 Å². The number of carbonyl (C=O) groups is 1. The molecule has 0 aliphatic heterocycles. The minimum absolute atomic E-state index is 0.0800. The lowest BCUT2D eigenvalue weighted by Crippen LogP contribution is -2.24. The highest BCUT2D eigenvalue weighted by molar-refractivity contribution is 7.80. The van der Waals surface area contributed by atoms with E-state index in [2.05, 4.69) is 28.1 Å². The highest BCUT2D eigenvalue weighted by atomic mass is 32.1. The van der Waals surface area contributed by atoms with Gasteiger partial charge >= 0.3 is 6.09 Å². The molecule has 0 aliphatic carbocycles. The number of anilines is 1. The van der Waals surface area contributed by atoms with Crippen molar-refractivity contribution in [2.24, 2.45) is 10.8 Å². The molecule has 1 heterocycles. The highest BCUT2D eigenvalue weighted by Gasteiger charge is 2.07. The zero-order valence-electron chi connectivity index (χ0n) is 9.10. The van der Waals surface area contributed by atoms with E-state index >= 15 is 0 Å². The number of carbonyl (C=O) groups excluding carboxylic acids is 1. The number of hydrazone groups is 1. The molecule has 0 aliphatic rings. The number of nitrogens with zero attached hydrogens (tertiary/aromatic N) is 1. The summed E-state index contributed by atoms with van der Waals surface area (Å²) in [6.07, 6.45) is 1.02. The number of rotatable bonds is 4. The molecule has 17 heavy (non-hydrogen) atoms. The maximum atomic E-state index is 11.2. The molecule has 0 spiro atoms. The van der Waals surface area contributed by atoms with Gasteiger partial charge in [-0.1, -0.05) is 0 Å². The van der Waals surface area contributed by atoms with Gasteiger partial charge in [-0.05, 0) is 30.6 Å². The van der Waals surface area contributed by atoms with Crippen LogP contribution in [0.15, 0.2) is 16.5 Å². The van der Waals surface area contributed by atoms with Crippen LogP contribution in [0.25, 0.3) is 0 Å². The van der Waals surface area contributed by atoms with Crippen LogP contribution in [0.4, 0.5) is 9.80 Å². The molecule has 6 nitrogen and oxygen atoms in total. The van der Waals surface area contributed by atoms with E-state index in [1.165, 1.54) is 17.6 Å². The van der Waals surface area contributed by atoms with Crippen molar-refractivity contribution in [3.05, 3.63) is 17.0 Å². The van der Waals surface area contributed by atoms with Crippen molar-refractivity contribution in [2.75, 3.05) is 11.9 Å². The standard InChI is InChI=1S/C9H12N4O2S2/c1-2-15-9(14)12-7-6(3-4-17-7)5-11-13-8(10)16/h3-5H,2H2,1H3,(H,12,14)(H3,10,13,16)/b11-5+. The summed E-state index contributed by atoms with van der Waals surface area (Å²) in [6.45, 7) is 2.06. The molecule has 0 fully saturated rings. The molecule has 1 rings (SSSR count). The number of hydrogen-bond donors (Lipinski definition) is 3. The maximum absolute atomic E-state index is 11.2. The minimum atomic E-state index is -0.494. The quantitative estimate of drug-likeness (QED) is 0.439. The van der Waals surface area contributed by atoms with Crippen molar-refractivity contribution in [3.63, 3.8) is 0 Å². The Morgan fingerprint density at radius 3 is 3.18 bits per heavy atom. The van der Waals surface area contributed by atoms with Gasteiger partial charge in [-0.25, -0.2) is 4.79 Å². The third-order valence-corrected chi connectivity index (χ3v) is 2.50. The van der Waals surface area contributed by atoms with Gasteiger partial charge in [-0.15, -0.1) is 11.3 Å². The van der Waals surface area contributed by atoms with E-state index in [0.29, 0.717) is 11.6 Å². The van der Waals surface area contributed by atoms with Gasteiger partial charge in [0.05, 0.1) is 12.8 Å². The lowest BCUT2D eigenvalue weighted by atomic mass is 10.3. The van der Waals surface area contributed by atoms with Crippen LogP contribution in [0.1, 0.15) is 12.5 Å². The molecule has 1 aromatic rings. The number of hydrogen-bond acceptors (Lipinski definition) is 5. The average molecular weight is 272 g/mol. The topological polar surface area (TPSA) is 88.7 Å². The van der Waals surface area contributed by atoms with Crippen LogP contribution in [0.5, 0.6) is 0 Å². The van der Waals surface area contributed by atoms with Gasteiger partial charge in [-0.3, -0.25) is 10.7 Å². The molecule has 0 aromatic carbocycles. The van der Waals surface area contributed by atoms with Crippen molar-refractivity contribution >= 4 is 46.0 Å². The van der Waals surface area contributed by atoms with E-state index in [1.807, 2.05) is 5.38 Å². The van der Waals surface area contributed by atoms with Gasteiger partial charge in [0.25, 0.3) is 0 Å². The Hall–Kier alpha value is -1.67. The van der Waals surface area contributed by atoms with Crippen LogP contribution < -0.4 is 16.5 Å². The van der Waals surface area contributed by atoms with Crippen LogP contribution in [-0.2, 0) is 4.74 Å². The normalized spacial score (nSPS) is 10.2. The second-order valence-electron chi connectivity index (χ2n) is 2.78. The second kappa shape index (κ2) is 6.81. The summed E-state index contributed by atoms with van der Waals surface area (Å²) < 4.78 is 4.77. The summed E-state index contributed by atoms with van der Waals surface area (Å²) in [4.78, 5) is 11.2. The zero-order valence-corrected chi connectivity index (χ0v) is 10.7. The Balaban J connectivity index is 2.62.